The standard InChI is InChI=1S/C26H28N4S/c1-25(2,3)17-12-13-22-20(15-17)29-24(31-22)28-19-10-8-14-27-23(19)30-16-26(4,5)18-9-6-7-11-21(18)30/h6-15H,16H2,1-5H3,(H,28,29). The van der Waals surface area contributed by atoms with Gasteiger partial charge in [-0.3, -0.25) is 0 Å². The number of fused-ring (bicyclic) bond motifs is 2. The van der Waals surface area contributed by atoms with Crippen molar-refractivity contribution >= 4 is 43.9 Å². The molecule has 1 aliphatic heterocycles. The van der Waals surface area contributed by atoms with E-state index in [9.17, 15) is 0 Å². The molecule has 31 heavy (non-hydrogen) atoms. The van der Waals surface area contributed by atoms with Crippen LogP contribution in [0, 0.1) is 0 Å². The SMILES string of the molecule is CC(C)(C)c1ccc2sc(Nc3cccnc3N3CC(C)(C)c4ccccc43)nc2c1. The molecule has 0 saturated carbocycles. The van der Waals surface area contributed by atoms with Gasteiger partial charge in [-0.15, -0.1) is 0 Å². The number of thiazole rings is 1. The van der Waals surface area contributed by atoms with E-state index in [1.807, 2.05) is 12.3 Å². The van der Waals surface area contributed by atoms with E-state index in [1.54, 1.807) is 11.3 Å². The Hall–Kier alpha value is -2.92. The molecule has 3 heterocycles. The summed E-state index contributed by atoms with van der Waals surface area (Å²) in [5.41, 5.74) is 6.09. The molecule has 4 aromatic rings. The third-order valence-electron chi connectivity index (χ3n) is 6.01. The molecule has 4 nitrogen and oxygen atoms in total. The number of anilines is 4. The Labute approximate surface area is 188 Å². The van der Waals surface area contributed by atoms with Crippen molar-refractivity contribution in [1.29, 1.82) is 0 Å². The molecular weight excluding hydrogens is 400 g/mol. The van der Waals surface area contributed by atoms with Gasteiger partial charge >= 0.3 is 0 Å². The van der Waals surface area contributed by atoms with Gasteiger partial charge in [-0.25, -0.2) is 9.97 Å². The summed E-state index contributed by atoms with van der Waals surface area (Å²) < 4.78 is 1.19. The van der Waals surface area contributed by atoms with Crippen LogP contribution >= 0.6 is 11.3 Å². The number of hydrogen-bond acceptors (Lipinski definition) is 5. The molecule has 0 unspecified atom stereocenters. The zero-order chi connectivity index (χ0) is 21.8. The second-order valence-electron chi connectivity index (χ2n) is 9.94. The van der Waals surface area contributed by atoms with Crippen molar-refractivity contribution in [1.82, 2.24) is 9.97 Å². The molecule has 2 aromatic carbocycles. The quantitative estimate of drug-likeness (QED) is 0.376. The number of nitrogens with one attached hydrogen (secondary N) is 1. The summed E-state index contributed by atoms with van der Waals surface area (Å²) in [5.74, 6) is 0.940. The van der Waals surface area contributed by atoms with Gasteiger partial charge < -0.3 is 10.2 Å². The summed E-state index contributed by atoms with van der Waals surface area (Å²) in [7, 11) is 0. The van der Waals surface area contributed by atoms with Crippen LogP contribution in [0.25, 0.3) is 10.2 Å². The molecule has 1 aliphatic rings. The van der Waals surface area contributed by atoms with E-state index in [4.69, 9.17) is 9.97 Å². The van der Waals surface area contributed by atoms with Gasteiger partial charge in [-0.05, 0) is 46.9 Å². The lowest BCUT2D eigenvalue weighted by molar-refractivity contribution is 0.568. The van der Waals surface area contributed by atoms with Crippen LogP contribution in [-0.2, 0) is 10.8 Å². The first kappa shape index (κ1) is 20.0. The van der Waals surface area contributed by atoms with Gasteiger partial charge in [0.2, 0.25) is 0 Å². The lowest BCUT2D eigenvalue weighted by atomic mass is 9.87. The molecule has 0 aliphatic carbocycles. The Morgan fingerprint density at radius 1 is 1.03 bits per heavy atom. The van der Waals surface area contributed by atoms with E-state index >= 15 is 0 Å². The van der Waals surface area contributed by atoms with E-state index in [0.717, 1.165) is 28.7 Å². The average molecular weight is 429 g/mol. The maximum absolute atomic E-state index is 4.88. The highest BCUT2D eigenvalue weighted by molar-refractivity contribution is 7.22. The summed E-state index contributed by atoms with van der Waals surface area (Å²) in [6, 6.07) is 19.3. The fraction of sp³-hybridized carbons (Fsp3) is 0.308. The summed E-state index contributed by atoms with van der Waals surface area (Å²) in [6.45, 7) is 12.2. The number of pyridine rings is 1. The van der Waals surface area contributed by atoms with Gasteiger partial charge in [-0.1, -0.05) is 70.2 Å². The molecule has 0 bridgehead atoms. The van der Waals surface area contributed by atoms with E-state index in [0.29, 0.717) is 0 Å². The molecule has 2 aromatic heterocycles. The fourth-order valence-corrected chi connectivity index (χ4v) is 5.17. The van der Waals surface area contributed by atoms with Crippen LogP contribution in [0.5, 0.6) is 0 Å². The van der Waals surface area contributed by atoms with Crippen LogP contribution < -0.4 is 10.2 Å². The van der Waals surface area contributed by atoms with Gasteiger partial charge in [0.25, 0.3) is 0 Å². The number of hydrogen-bond donors (Lipinski definition) is 1. The Morgan fingerprint density at radius 2 is 1.84 bits per heavy atom. The maximum Gasteiger partial charge on any atom is 0.188 e. The normalized spacial score (nSPS) is 15.3. The molecule has 158 valence electrons. The Balaban J connectivity index is 1.51. The molecular formula is C26H28N4S. The minimum Gasteiger partial charge on any atom is -0.328 e. The lowest BCUT2D eigenvalue weighted by Crippen LogP contribution is -2.26. The van der Waals surface area contributed by atoms with Crippen molar-refractivity contribution < 1.29 is 0 Å². The van der Waals surface area contributed by atoms with Crippen molar-refractivity contribution in [2.75, 3.05) is 16.8 Å². The molecule has 5 heteroatoms. The summed E-state index contributed by atoms with van der Waals surface area (Å²) in [6.07, 6.45) is 1.86. The van der Waals surface area contributed by atoms with Crippen LogP contribution in [0.4, 0.5) is 22.3 Å². The topological polar surface area (TPSA) is 41.1 Å². The molecule has 0 saturated heterocycles. The molecule has 0 amide bonds. The van der Waals surface area contributed by atoms with E-state index in [1.165, 1.54) is 21.5 Å². The number of rotatable bonds is 3. The van der Waals surface area contributed by atoms with Crippen molar-refractivity contribution in [2.24, 2.45) is 0 Å². The first-order chi connectivity index (χ1) is 14.7. The minimum absolute atomic E-state index is 0.0740. The molecule has 0 spiro atoms. The highest BCUT2D eigenvalue weighted by Crippen LogP contribution is 2.45. The van der Waals surface area contributed by atoms with Crippen molar-refractivity contribution in [3.63, 3.8) is 0 Å². The van der Waals surface area contributed by atoms with Crippen LogP contribution in [0.2, 0.25) is 0 Å². The number of benzene rings is 2. The van der Waals surface area contributed by atoms with E-state index in [2.05, 4.69) is 93.4 Å². The zero-order valence-corrected chi connectivity index (χ0v) is 19.5. The van der Waals surface area contributed by atoms with Crippen molar-refractivity contribution in [2.45, 2.75) is 45.4 Å². The molecule has 0 atom stereocenters. The third-order valence-corrected chi connectivity index (χ3v) is 6.97. The minimum atomic E-state index is 0.0740. The van der Waals surface area contributed by atoms with E-state index in [-0.39, 0.29) is 10.8 Å². The van der Waals surface area contributed by atoms with Crippen LogP contribution in [0.3, 0.4) is 0 Å². The van der Waals surface area contributed by atoms with Gasteiger partial charge in [-0.2, -0.15) is 0 Å². The van der Waals surface area contributed by atoms with Crippen LogP contribution in [0.15, 0.2) is 60.8 Å². The first-order valence-corrected chi connectivity index (χ1v) is 11.5. The monoisotopic (exact) mass is 428 g/mol. The van der Waals surface area contributed by atoms with Crippen molar-refractivity contribution in [3.8, 4) is 0 Å². The lowest BCUT2D eigenvalue weighted by Gasteiger charge is -2.23. The second-order valence-corrected chi connectivity index (χ2v) is 11.0. The number of para-hydroxylation sites is 1. The average Bonchev–Trinajstić information content (AvgIpc) is 3.25. The predicted molar refractivity (Wildman–Crippen MR) is 132 cm³/mol. The Kier molecular flexibility index (Phi) is 4.56. The summed E-state index contributed by atoms with van der Waals surface area (Å²) in [5, 5.41) is 4.45. The Morgan fingerprint density at radius 3 is 2.65 bits per heavy atom. The zero-order valence-electron chi connectivity index (χ0n) is 18.7. The Bertz CT molecular complexity index is 1270. The maximum atomic E-state index is 4.88. The fourth-order valence-electron chi connectivity index (χ4n) is 4.31. The highest BCUT2D eigenvalue weighted by Gasteiger charge is 2.36. The largest absolute Gasteiger partial charge is 0.328 e. The smallest absolute Gasteiger partial charge is 0.188 e. The van der Waals surface area contributed by atoms with Gasteiger partial charge in [0.15, 0.2) is 10.9 Å². The molecule has 0 radical (unpaired) electrons. The number of nitrogens with zero attached hydrogens (tertiary/aromatic N) is 3. The van der Waals surface area contributed by atoms with Gasteiger partial charge in [0.05, 0.1) is 15.9 Å². The molecule has 0 fully saturated rings. The second kappa shape index (κ2) is 7.06. The third kappa shape index (κ3) is 3.57. The van der Waals surface area contributed by atoms with Crippen molar-refractivity contribution in [3.05, 3.63) is 71.9 Å². The molecule has 5 rings (SSSR count). The first-order valence-electron chi connectivity index (χ1n) is 10.7. The number of aromatic nitrogens is 2. The summed E-state index contributed by atoms with van der Waals surface area (Å²) >= 11 is 1.68. The van der Waals surface area contributed by atoms with E-state index < -0.39 is 0 Å². The highest BCUT2D eigenvalue weighted by atomic mass is 32.1. The molecule has 1 N–H and O–H groups in total. The van der Waals surface area contributed by atoms with Crippen LogP contribution in [-0.4, -0.2) is 16.5 Å². The summed E-state index contributed by atoms with van der Waals surface area (Å²) in [4.78, 5) is 12.0. The van der Waals surface area contributed by atoms with Crippen LogP contribution in [0.1, 0.15) is 45.7 Å². The van der Waals surface area contributed by atoms with Gasteiger partial charge in [0, 0.05) is 23.8 Å². The predicted octanol–water partition coefficient (Wildman–Crippen LogP) is 7.16. The van der Waals surface area contributed by atoms with Gasteiger partial charge in [0.1, 0.15) is 0 Å².